The van der Waals surface area contributed by atoms with Gasteiger partial charge in [0.25, 0.3) is 0 Å². The third kappa shape index (κ3) is 3.59. The van der Waals surface area contributed by atoms with Crippen molar-refractivity contribution in [3.8, 4) is 29.4 Å². The average Bonchev–Trinajstić information content (AvgIpc) is 3.27. The number of ether oxygens (including phenoxy) is 3. The molecule has 0 N–H and O–H groups in total. The summed E-state index contributed by atoms with van der Waals surface area (Å²) in [5, 5.41) is 21.2. The van der Waals surface area contributed by atoms with Crippen LogP contribution >= 0.6 is 0 Å². The summed E-state index contributed by atoms with van der Waals surface area (Å²) in [4.78, 5) is 16.3. The number of fused-ring (bicyclic) bond motifs is 3. The molecule has 2 heterocycles. The molecule has 0 amide bonds. The van der Waals surface area contributed by atoms with Crippen LogP contribution in [0.2, 0.25) is 0 Å². The standard InChI is InChI=1S/C30H25N3O4/c1-35-22-12-8-20(9-13-22)29(34)28-27(21-10-14-24(36-2)25(16-21)37-3)30(17-31,18-32)26-15-11-19-6-4-5-7-23(19)33(26)28/h4-16,26-28H,1-3H3/t26-,27-,28-/m0/s1. The van der Waals surface area contributed by atoms with Crippen LogP contribution in [0.4, 0.5) is 5.69 Å². The molecule has 0 radical (unpaired) electrons. The Hall–Kier alpha value is -4.75. The molecule has 5 rings (SSSR count). The Kier molecular flexibility index (Phi) is 6.07. The van der Waals surface area contributed by atoms with Crippen LogP contribution in [0.15, 0.2) is 72.8 Å². The van der Waals surface area contributed by atoms with Gasteiger partial charge in [-0.05, 0) is 53.6 Å². The molecule has 0 unspecified atom stereocenters. The maximum Gasteiger partial charge on any atom is 0.185 e. The van der Waals surface area contributed by atoms with Crippen LogP contribution < -0.4 is 19.1 Å². The van der Waals surface area contributed by atoms with E-state index >= 15 is 0 Å². The summed E-state index contributed by atoms with van der Waals surface area (Å²) in [6.45, 7) is 0. The number of carbonyl (C=O) groups excluding carboxylic acids is 1. The van der Waals surface area contributed by atoms with E-state index in [-0.39, 0.29) is 5.78 Å². The van der Waals surface area contributed by atoms with Gasteiger partial charge < -0.3 is 19.1 Å². The van der Waals surface area contributed by atoms with Crippen LogP contribution in [0.3, 0.4) is 0 Å². The number of hydrogen-bond donors (Lipinski definition) is 0. The van der Waals surface area contributed by atoms with Gasteiger partial charge in [-0.15, -0.1) is 0 Å². The van der Waals surface area contributed by atoms with Crippen LogP contribution in [-0.4, -0.2) is 39.2 Å². The summed E-state index contributed by atoms with van der Waals surface area (Å²) in [7, 11) is 4.64. The summed E-state index contributed by atoms with van der Waals surface area (Å²) >= 11 is 0. The van der Waals surface area contributed by atoms with Crippen molar-refractivity contribution in [2.45, 2.75) is 18.0 Å². The maximum absolute atomic E-state index is 14.3. The summed E-state index contributed by atoms with van der Waals surface area (Å²) in [5.41, 5.74) is 1.29. The first-order valence-electron chi connectivity index (χ1n) is 11.8. The van der Waals surface area contributed by atoms with Crippen molar-refractivity contribution in [1.29, 1.82) is 10.5 Å². The SMILES string of the molecule is COc1ccc(C(=O)[C@@H]2[C@H](c3ccc(OC)c(OC)c3)C(C#N)(C#N)[C@@H]3C=Cc4ccccc4N23)cc1. The fraction of sp³-hybridized carbons (Fsp3) is 0.233. The van der Waals surface area contributed by atoms with Crippen molar-refractivity contribution in [2.24, 2.45) is 5.41 Å². The lowest BCUT2D eigenvalue weighted by molar-refractivity contribution is 0.0951. The number of benzene rings is 3. The van der Waals surface area contributed by atoms with E-state index < -0.39 is 23.4 Å². The number of methoxy groups -OCH3 is 3. The van der Waals surface area contributed by atoms with Crippen LogP contribution in [0.5, 0.6) is 17.2 Å². The lowest BCUT2D eigenvalue weighted by atomic mass is 9.69. The van der Waals surface area contributed by atoms with Gasteiger partial charge in [-0.3, -0.25) is 4.79 Å². The van der Waals surface area contributed by atoms with Gasteiger partial charge in [0.15, 0.2) is 22.7 Å². The smallest absolute Gasteiger partial charge is 0.185 e. The number of carbonyl (C=O) groups is 1. The lowest BCUT2D eigenvalue weighted by Crippen LogP contribution is -2.44. The first kappa shape index (κ1) is 24.0. The van der Waals surface area contributed by atoms with E-state index in [1.165, 1.54) is 7.11 Å². The van der Waals surface area contributed by atoms with Crippen LogP contribution in [0, 0.1) is 28.1 Å². The van der Waals surface area contributed by atoms with Gasteiger partial charge in [-0.1, -0.05) is 36.4 Å². The van der Waals surface area contributed by atoms with Crippen LogP contribution in [0.25, 0.3) is 6.08 Å². The molecule has 184 valence electrons. The molecule has 0 bridgehead atoms. The second kappa shape index (κ2) is 9.37. The number of para-hydroxylation sites is 1. The van der Waals surface area contributed by atoms with Crippen molar-refractivity contribution < 1.29 is 19.0 Å². The summed E-state index contributed by atoms with van der Waals surface area (Å²) in [6, 6.07) is 23.1. The average molecular weight is 492 g/mol. The fourth-order valence-corrected chi connectivity index (χ4v) is 5.58. The predicted octanol–water partition coefficient (Wildman–Crippen LogP) is 5.00. The third-order valence-corrected chi connectivity index (χ3v) is 7.33. The minimum absolute atomic E-state index is 0.190. The normalized spacial score (nSPS) is 20.7. The Balaban J connectivity index is 1.76. The van der Waals surface area contributed by atoms with E-state index in [0.717, 1.165) is 11.3 Å². The number of ketones is 1. The minimum Gasteiger partial charge on any atom is -0.497 e. The molecule has 2 aliphatic heterocycles. The third-order valence-electron chi connectivity index (χ3n) is 7.33. The molecule has 2 aliphatic rings. The number of hydrogen-bond acceptors (Lipinski definition) is 7. The second-order valence-corrected chi connectivity index (χ2v) is 8.99. The van der Waals surface area contributed by atoms with E-state index in [4.69, 9.17) is 14.2 Å². The summed E-state index contributed by atoms with van der Waals surface area (Å²) < 4.78 is 16.2. The minimum atomic E-state index is -1.55. The zero-order valence-electron chi connectivity index (χ0n) is 20.7. The number of anilines is 1. The molecule has 0 aliphatic carbocycles. The molecule has 1 fully saturated rings. The van der Waals surface area contributed by atoms with Gasteiger partial charge in [0.2, 0.25) is 0 Å². The molecule has 0 saturated carbocycles. The predicted molar refractivity (Wildman–Crippen MR) is 139 cm³/mol. The Morgan fingerprint density at radius 3 is 2.24 bits per heavy atom. The largest absolute Gasteiger partial charge is 0.497 e. The monoisotopic (exact) mass is 491 g/mol. The summed E-state index contributed by atoms with van der Waals surface area (Å²) in [6.07, 6.45) is 3.79. The number of rotatable bonds is 6. The van der Waals surface area contributed by atoms with Gasteiger partial charge in [-0.25, -0.2) is 0 Å². The van der Waals surface area contributed by atoms with Crippen LogP contribution in [-0.2, 0) is 0 Å². The number of nitrogens with zero attached hydrogens (tertiary/aromatic N) is 3. The highest BCUT2D eigenvalue weighted by molar-refractivity contribution is 6.04. The Labute approximate surface area is 215 Å². The van der Waals surface area contributed by atoms with E-state index in [1.54, 1.807) is 56.7 Å². The second-order valence-electron chi connectivity index (χ2n) is 8.99. The quantitative estimate of drug-likeness (QED) is 0.448. The van der Waals surface area contributed by atoms with Gasteiger partial charge in [0.1, 0.15) is 11.8 Å². The fourth-order valence-electron chi connectivity index (χ4n) is 5.58. The first-order valence-corrected chi connectivity index (χ1v) is 11.8. The molecule has 3 aromatic rings. The van der Waals surface area contributed by atoms with E-state index in [9.17, 15) is 15.3 Å². The van der Waals surface area contributed by atoms with E-state index in [1.807, 2.05) is 41.3 Å². The van der Waals surface area contributed by atoms with Crippen molar-refractivity contribution in [3.63, 3.8) is 0 Å². The topological polar surface area (TPSA) is 95.6 Å². The Bertz CT molecular complexity index is 1450. The zero-order chi connectivity index (χ0) is 26.2. The molecule has 0 spiro atoms. The maximum atomic E-state index is 14.3. The highest BCUT2D eigenvalue weighted by Crippen LogP contribution is 2.56. The molecule has 7 nitrogen and oxygen atoms in total. The zero-order valence-corrected chi connectivity index (χ0v) is 20.7. The van der Waals surface area contributed by atoms with Gasteiger partial charge in [0.05, 0.1) is 39.5 Å². The molecule has 3 atom stereocenters. The van der Waals surface area contributed by atoms with Crippen molar-refractivity contribution >= 4 is 17.5 Å². The molecule has 0 aromatic heterocycles. The van der Waals surface area contributed by atoms with Crippen molar-refractivity contribution in [1.82, 2.24) is 0 Å². The number of Topliss-reactive ketones (excluding diaryl/α,β-unsaturated/α-hetero) is 1. The lowest BCUT2D eigenvalue weighted by Gasteiger charge is -2.35. The molecular formula is C30H25N3O4. The highest BCUT2D eigenvalue weighted by atomic mass is 16.5. The van der Waals surface area contributed by atoms with Crippen molar-refractivity contribution in [2.75, 3.05) is 26.2 Å². The molecular weight excluding hydrogens is 466 g/mol. The van der Waals surface area contributed by atoms with Gasteiger partial charge in [-0.2, -0.15) is 10.5 Å². The van der Waals surface area contributed by atoms with Crippen molar-refractivity contribution in [3.05, 3.63) is 89.5 Å². The molecule has 3 aromatic carbocycles. The summed E-state index contributed by atoms with van der Waals surface area (Å²) in [5.74, 6) is 0.639. The van der Waals surface area contributed by atoms with Gasteiger partial charge >= 0.3 is 0 Å². The molecule has 7 heteroatoms. The van der Waals surface area contributed by atoms with Gasteiger partial charge in [0, 0.05) is 17.2 Å². The van der Waals surface area contributed by atoms with E-state index in [0.29, 0.717) is 28.4 Å². The Morgan fingerprint density at radius 1 is 0.892 bits per heavy atom. The Morgan fingerprint density at radius 2 is 1.59 bits per heavy atom. The number of nitriles is 2. The first-order chi connectivity index (χ1) is 18.0. The molecule has 1 saturated heterocycles. The van der Waals surface area contributed by atoms with Crippen LogP contribution in [0.1, 0.15) is 27.4 Å². The molecule has 37 heavy (non-hydrogen) atoms. The van der Waals surface area contributed by atoms with E-state index in [2.05, 4.69) is 12.1 Å². The highest BCUT2D eigenvalue weighted by Gasteiger charge is 2.63.